The number of hydrogen-bond donors (Lipinski definition) is 1. The lowest BCUT2D eigenvalue weighted by Gasteiger charge is -2.24. The van der Waals surface area contributed by atoms with E-state index in [9.17, 15) is 4.79 Å². The number of carbonyl (C=O) groups is 1. The summed E-state index contributed by atoms with van der Waals surface area (Å²) in [5.41, 5.74) is 1.05. The maximum absolute atomic E-state index is 11.7. The second kappa shape index (κ2) is 7.65. The standard InChI is InChI=1S/C18H25N5O2/c1-13-20-17-9-8-15(11-23(17)21-13)19-10-14-6-4-5-7-16(14)25-12-18(24)22(2)3/h4-7,15,19H,8-12H2,1-3H3/t15-/m1/s1. The number of fused-ring (bicyclic) bond motifs is 1. The number of amides is 1. The van der Waals surface area contributed by atoms with E-state index in [1.807, 2.05) is 35.9 Å². The maximum Gasteiger partial charge on any atom is 0.259 e. The van der Waals surface area contributed by atoms with Crippen LogP contribution in [0.5, 0.6) is 5.75 Å². The monoisotopic (exact) mass is 343 g/mol. The van der Waals surface area contributed by atoms with Crippen LogP contribution in [0.3, 0.4) is 0 Å². The summed E-state index contributed by atoms with van der Waals surface area (Å²) in [6.45, 7) is 3.50. The van der Waals surface area contributed by atoms with Crippen LogP contribution in [0.1, 0.15) is 23.6 Å². The van der Waals surface area contributed by atoms with Gasteiger partial charge in [-0.3, -0.25) is 4.79 Å². The zero-order valence-corrected chi connectivity index (χ0v) is 15.0. The van der Waals surface area contributed by atoms with E-state index in [4.69, 9.17) is 4.74 Å². The maximum atomic E-state index is 11.7. The summed E-state index contributed by atoms with van der Waals surface area (Å²) in [5, 5.41) is 8.01. The number of likely N-dealkylation sites (N-methyl/N-ethyl adjacent to an activating group) is 1. The van der Waals surface area contributed by atoms with Gasteiger partial charge < -0.3 is 15.0 Å². The molecule has 1 amide bonds. The molecule has 1 aromatic carbocycles. The van der Waals surface area contributed by atoms with Crippen molar-refractivity contribution >= 4 is 5.91 Å². The predicted octanol–water partition coefficient (Wildman–Crippen LogP) is 1.16. The normalized spacial score (nSPS) is 16.4. The van der Waals surface area contributed by atoms with Gasteiger partial charge in [-0.1, -0.05) is 18.2 Å². The second-order valence-electron chi connectivity index (χ2n) is 6.56. The molecule has 1 aliphatic rings. The Morgan fingerprint density at radius 1 is 1.40 bits per heavy atom. The van der Waals surface area contributed by atoms with Crippen LogP contribution in [0.15, 0.2) is 24.3 Å². The Hall–Kier alpha value is -2.41. The Morgan fingerprint density at radius 3 is 3.00 bits per heavy atom. The average molecular weight is 343 g/mol. The van der Waals surface area contributed by atoms with E-state index < -0.39 is 0 Å². The lowest BCUT2D eigenvalue weighted by molar-refractivity contribution is -0.130. The van der Waals surface area contributed by atoms with Crippen LogP contribution in [-0.2, 0) is 24.3 Å². The molecule has 0 unspecified atom stereocenters. The van der Waals surface area contributed by atoms with Crippen molar-refractivity contribution in [3.63, 3.8) is 0 Å². The number of ether oxygens (including phenoxy) is 1. The molecule has 0 bridgehead atoms. The molecule has 0 saturated carbocycles. The van der Waals surface area contributed by atoms with Crippen LogP contribution >= 0.6 is 0 Å². The first-order chi connectivity index (χ1) is 12.0. The van der Waals surface area contributed by atoms with Crippen LogP contribution in [0.2, 0.25) is 0 Å². The minimum atomic E-state index is -0.0517. The number of hydrogen-bond acceptors (Lipinski definition) is 5. The van der Waals surface area contributed by atoms with Crippen molar-refractivity contribution in [3.8, 4) is 5.75 Å². The Balaban J connectivity index is 1.57. The van der Waals surface area contributed by atoms with Crippen molar-refractivity contribution in [2.24, 2.45) is 0 Å². The van der Waals surface area contributed by atoms with Gasteiger partial charge in [-0.15, -0.1) is 0 Å². The number of para-hydroxylation sites is 1. The van der Waals surface area contributed by atoms with Crippen molar-refractivity contribution in [2.75, 3.05) is 20.7 Å². The summed E-state index contributed by atoms with van der Waals surface area (Å²) in [7, 11) is 3.45. The third-order valence-electron chi connectivity index (χ3n) is 4.37. The van der Waals surface area contributed by atoms with Gasteiger partial charge in [0.05, 0.1) is 6.54 Å². The summed E-state index contributed by atoms with van der Waals surface area (Å²) < 4.78 is 7.70. The Morgan fingerprint density at radius 2 is 2.20 bits per heavy atom. The molecule has 2 aromatic rings. The molecule has 25 heavy (non-hydrogen) atoms. The quantitative estimate of drug-likeness (QED) is 0.852. The summed E-state index contributed by atoms with van der Waals surface area (Å²) in [6.07, 6.45) is 1.98. The first-order valence-electron chi connectivity index (χ1n) is 8.57. The summed E-state index contributed by atoms with van der Waals surface area (Å²) in [6, 6.07) is 8.18. The smallest absolute Gasteiger partial charge is 0.259 e. The fraction of sp³-hybridized carbons (Fsp3) is 0.500. The minimum Gasteiger partial charge on any atom is -0.483 e. The number of nitrogens with one attached hydrogen (secondary N) is 1. The van der Waals surface area contributed by atoms with Crippen molar-refractivity contribution in [2.45, 2.75) is 38.9 Å². The fourth-order valence-corrected chi connectivity index (χ4v) is 2.91. The van der Waals surface area contributed by atoms with Gasteiger partial charge >= 0.3 is 0 Å². The number of carbonyl (C=O) groups excluding carboxylic acids is 1. The molecule has 0 fully saturated rings. The molecule has 1 aliphatic heterocycles. The topological polar surface area (TPSA) is 72.3 Å². The van der Waals surface area contributed by atoms with E-state index in [1.54, 1.807) is 14.1 Å². The molecular weight excluding hydrogens is 318 g/mol. The highest BCUT2D eigenvalue weighted by atomic mass is 16.5. The summed E-state index contributed by atoms with van der Waals surface area (Å²) in [5.74, 6) is 2.60. The highest BCUT2D eigenvalue weighted by molar-refractivity contribution is 5.77. The third kappa shape index (κ3) is 4.36. The van der Waals surface area contributed by atoms with E-state index in [-0.39, 0.29) is 12.5 Å². The third-order valence-corrected chi connectivity index (χ3v) is 4.37. The van der Waals surface area contributed by atoms with Crippen molar-refractivity contribution in [1.29, 1.82) is 0 Å². The SMILES string of the molecule is Cc1nc2n(n1)C[C@H](NCc1ccccc1OCC(=O)N(C)C)CC2. The van der Waals surface area contributed by atoms with Gasteiger partial charge in [0, 0.05) is 38.7 Å². The molecule has 2 heterocycles. The van der Waals surface area contributed by atoms with Gasteiger partial charge in [0.2, 0.25) is 0 Å². The molecule has 0 spiro atoms. The number of benzene rings is 1. The predicted molar refractivity (Wildman–Crippen MR) is 94.3 cm³/mol. The molecule has 3 rings (SSSR count). The van der Waals surface area contributed by atoms with E-state index in [0.717, 1.165) is 42.3 Å². The van der Waals surface area contributed by atoms with E-state index in [1.165, 1.54) is 4.90 Å². The average Bonchev–Trinajstić information content (AvgIpc) is 2.97. The Bertz CT molecular complexity index is 741. The molecule has 0 radical (unpaired) electrons. The van der Waals surface area contributed by atoms with Crippen molar-refractivity contribution in [3.05, 3.63) is 41.5 Å². The first kappa shape index (κ1) is 17.4. The Labute approximate surface area is 148 Å². The van der Waals surface area contributed by atoms with Gasteiger partial charge in [0.15, 0.2) is 6.61 Å². The minimum absolute atomic E-state index is 0.0506. The molecule has 7 heteroatoms. The van der Waals surface area contributed by atoms with Gasteiger partial charge in [-0.25, -0.2) is 9.67 Å². The number of rotatable bonds is 6. The van der Waals surface area contributed by atoms with Crippen LogP contribution in [-0.4, -0.2) is 52.3 Å². The molecule has 0 aliphatic carbocycles. The summed E-state index contributed by atoms with van der Waals surface area (Å²) in [4.78, 5) is 17.7. The first-order valence-corrected chi connectivity index (χ1v) is 8.57. The second-order valence-corrected chi connectivity index (χ2v) is 6.56. The molecule has 134 valence electrons. The summed E-state index contributed by atoms with van der Waals surface area (Å²) >= 11 is 0. The van der Waals surface area contributed by atoms with Crippen LogP contribution in [0.25, 0.3) is 0 Å². The fourth-order valence-electron chi connectivity index (χ4n) is 2.91. The number of aromatic nitrogens is 3. The van der Waals surface area contributed by atoms with Gasteiger partial charge in [-0.2, -0.15) is 5.10 Å². The highest BCUT2D eigenvalue weighted by Gasteiger charge is 2.20. The zero-order chi connectivity index (χ0) is 17.8. The van der Waals surface area contributed by atoms with Crippen molar-refractivity contribution in [1.82, 2.24) is 25.0 Å². The van der Waals surface area contributed by atoms with Gasteiger partial charge in [0.25, 0.3) is 5.91 Å². The Kier molecular flexibility index (Phi) is 5.33. The van der Waals surface area contributed by atoms with Crippen LogP contribution in [0, 0.1) is 6.92 Å². The van der Waals surface area contributed by atoms with E-state index >= 15 is 0 Å². The van der Waals surface area contributed by atoms with Crippen molar-refractivity contribution < 1.29 is 9.53 Å². The largest absolute Gasteiger partial charge is 0.483 e. The van der Waals surface area contributed by atoms with E-state index in [0.29, 0.717) is 12.6 Å². The number of aryl methyl sites for hydroxylation is 2. The lowest BCUT2D eigenvalue weighted by Crippen LogP contribution is -2.37. The molecular formula is C18H25N5O2. The molecule has 0 saturated heterocycles. The molecule has 1 N–H and O–H groups in total. The van der Waals surface area contributed by atoms with Crippen LogP contribution < -0.4 is 10.1 Å². The lowest BCUT2D eigenvalue weighted by atomic mass is 10.1. The molecule has 7 nitrogen and oxygen atoms in total. The van der Waals surface area contributed by atoms with Crippen LogP contribution in [0.4, 0.5) is 0 Å². The zero-order valence-electron chi connectivity index (χ0n) is 15.0. The number of nitrogens with zero attached hydrogens (tertiary/aromatic N) is 4. The van der Waals surface area contributed by atoms with Gasteiger partial charge in [0.1, 0.15) is 17.4 Å². The molecule has 1 aromatic heterocycles. The molecule has 1 atom stereocenters. The van der Waals surface area contributed by atoms with E-state index in [2.05, 4.69) is 15.4 Å². The highest BCUT2D eigenvalue weighted by Crippen LogP contribution is 2.19. The van der Waals surface area contributed by atoms with Gasteiger partial charge in [-0.05, 0) is 19.4 Å².